The molecule has 1 N–H and O–H groups in total. The molecule has 0 aliphatic heterocycles. The fourth-order valence-electron chi connectivity index (χ4n) is 1.15. The van der Waals surface area contributed by atoms with Crippen LogP contribution in [0.25, 0.3) is 0 Å². The molecule has 0 amide bonds. The molecule has 5 heteroatoms. The first-order valence-corrected chi connectivity index (χ1v) is 5.79. The Balaban J connectivity index is 3.01. The zero-order valence-corrected chi connectivity index (χ0v) is 8.98. The Hall–Kier alpha value is -0.670. The Morgan fingerprint density at radius 3 is 2.14 bits per heavy atom. The third kappa shape index (κ3) is 2.22. The summed E-state index contributed by atoms with van der Waals surface area (Å²) in [5.74, 6) is 0. The summed E-state index contributed by atoms with van der Waals surface area (Å²) in [4.78, 5) is 9.75. The predicted molar refractivity (Wildman–Crippen MR) is 53.7 cm³/mol. The van der Waals surface area contributed by atoms with Gasteiger partial charge in [-0.2, -0.15) is 0 Å². The van der Waals surface area contributed by atoms with E-state index in [9.17, 15) is 9.46 Å². The molecule has 0 aliphatic rings. The molecular weight excluding hydrogens is 203 g/mol. The summed E-state index contributed by atoms with van der Waals surface area (Å²) < 4.78 is 21.4. The van der Waals surface area contributed by atoms with E-state index in [1.807, 2.05) is 0 Å². The van der Waals surface area contributed by atoms with Gasteiger partial charge in [0.05, 0.1) is 0 Å². The van der Waals surface area contributed by atoms with E-state index in [0.717, 1.165) is 0 Å². The summed E-state index contributed by atoms with van der Waals surface area (Å²) in [5.41, 5.74) is 0. The molecule has 4 nitrogen and oxygen atoms in total. The van der Waals surface area contributed by atoms with Crippen LogP contribution >= 0.6 is 7.37 Å². The highest BCUT2D eigenvalue weighted by Crippen LogP contribution is 2.45. The van der Waals surface area contributed by atoms with Crippen LogP contribution in [0.3, 0.4) is 0 Å². The highest BCUT2D eigenvalue weighted by molar-refractivity contribution is 7.66. The van der Waals surface area contributed by atoms with Crippen molar-refractivity contribution in [2.45, 2.75) is 6.03 Å². The molecule has 0 aliphatic carbocycles. The SMILES string of the molecule is COC(OC)P(=O)(O)c1ccccc1. The summed E-state index contributed by atoms with van der Waals surface area (Å²) in [6.07, 6.45) is 0. The van der Waals surface area contributed by atoms with Crippen LogP contribution in [0.1, 0.15) is 0 Å². The largest absolute Gasteiger partial charge is 0.347 e. The van der Waals surface area contributed by atoms with Crippen molar-refractivity contribution in [2.24, 2.45) is 0 Å². The zero-order valence-electron chi connectivity index (χ0n) is 8.08. The molecule has 1 aromatic carbocycles. The number of rotatable bonds is 4. The van der Waals surface area contributed by atoms with Gasteiger partial charge < -0.3 is 14.4 Å². The minimum atomic E-state index is -3.60. The third-order valence-corrected chi connectivity index (χ3v) is 3.85. The molecule has 0 spiro atoms. The topological polar surface area (TPSA) is 55.8 Å². The molecule has 78 valence electrons. The molecule has 0 bridgehead atoms. The summed E-state index contributed by atoms with van der Waals surface area (Å²) in [5, 5.41) is 0.328. The lowest BCUT2D eigenvalue weighted by Gasteiger charge is -2.19. The molecule has 1 unspecified atom stereocenters. The average molecular weight is 216 g/mol. The van der Waals surface area contributed by atoms with E-state index < -0.39 is 13.4 Å². The number of methoxy groups -OCH3 is 2. The molecular formula is C9H13O4P. The summed E-state index contributed by atoms with van der Waals surface area (Å²) >= 11 is 0. The second-order valence-corrected chi connectivity index (χ2v) is 4.92. The molecule has 0 saturated carbocycles. The van der Waals surface area contributed by atoms with Gasteiger partial charge in [-0.05, 0) is 12.1 Å². The predicted octanol–water partition coefficient (Wildman–Crippen LogP) is 1.16. The number of hydrogen-bond acceptors (Lipinski definition) is 3. The van der Waals surface area contributed by atoms with Crippen molar-refractivity contribution in [3.8, 4) is 0 Å². The van der Waals surface area contributed by atoms with E-state index in [1.54, 1.807) is 30.3 Å². The van der Waals surface area contributed by atoms with Crippen molar-refractivity contribution < 1.29 is 18.9 Å². The minimum absolute atomic E-state index is 0.328. The van der Waals surface area contributed by atoms with Crippen LogP contribution in [0.4, 0.5) is 0 Å². The average Bonchev–Trinajstić information content (AvgIpc) is 2.20. The molecule has 14 heavy (non-hydrogen) atoms. The van der Waals surface area contributed by atoms with Crippen LogP contribution in [0, 0.1) is 0 Å². The van der Waals surface area contributed by atoms with E-state index in [-0.39, 0.29) is 0 Å². The van der Waals surface area contributed by atoms with Gasteiger partial charge in [0.15, 0.2) is 0 Å². The first kappa shape index (κ1) is 11.4. The van der Waals surface area contributed by atoms with Gasteiger partial charge in [0, 0.05) is 19.5 Å². The normalized spacial score (nSPS) is 15.4. The first-order valence-electron chi connectivity index (χ1n) is 4.06. The molecule has 1 aromatic rings. The Morgan fingerprint density at radius 1 is 1.21 bits per heavy atom. The lowest BCUT2D eigenvalue weighted by molar-refractivity contribution is -0.0481. The van der Waals surface area contributed by atoms with Crippen molar-refractivity contribution in [3.63, 3.8) is 0 Å². The number of ether oxygens (including phenoxy) is 2. The maximum Gasteiger partial charge on any atom is 0.284 e. The molecule has 1 atom stereocenters. The van der Waals surface area contributed by atoms with Gasteiger partial charge in [-0.15, -0.1) is 0 Å². The second-order valence-electron chi connectivity index (χ2n) is 2.74. The Morgan fingerprint density at radius 2 is 1.71 bits per heavy atom. The van der Waals surface area contributed by atoms with Crippen molar-refractivity contribution in [3.05, 3.63) is 30.3 Å². The van der Waals surface area contributed by atoms with Crippen LogP contribution in [-0.2, 0) is 14.0 Å². The fourth-order valence-corrected chi connectivity index (χ4v) is 2.56. The van der Waals surface area contributed by atoms with Crippen molar-refractivity contribution in [1.82, 2.24) is 0 Å². The van der Waals surface area contributed by atoms with Crippen molar-refractivity contribution in [1.29, 1.82) is 0 Å². The Labute approximate surface area is 82.9 Å². The van der Waals surface area contributed by atoms with E-state index in [2.05, 4.69) is 0 Å². The lowest BCUT2D eigenvalue weighted by atomic mass is 10.4. The van der Waals surface area contributed by atoms with E-state index in [0.29, 0.717) is 5.30 Å². The van der Waals surface area contributed by atoms with Gasteiger partial charge in [0.2, 0.25) is 6.03 Å². The van der Waals surface area contributed by atoms with E-state index in [1.165, 1.54) is 14.2 Å². The van der Waals surface area contributed by atoms with Crippen LogP contribution in [0.15, 0.2) is 30.3 Å². The van der Waals surface area contributed by atoms with E-state index >= 15 is 0 Å². The third-order valence-electron chi connectivity index (χ3n) is 1.82. The summed E-state index contributed by atoms with van der Waals surface area (Å²) in [6.45, 7) is 0. The van der Waals surface area contributed by atoms with Gasteiger partial charge in [-0.1, -0.05) is 18.2 Å². The second kappa shape index (κ2) is 4.71. The fraction of sp³-hybridized carbons (Fsp3) is 0.333. The maximum atomic E-state index is 11.9. The Bertz CT molecular complexity index is 321. The molecule has 0 fully saturated rings. The van der Waals surface area contributed by atoms with Gasteiger partial charge in [-0.3, -0.25) is 4.57 Å². The number of benzene rings is 1. The lowest BCUT2D eigenvalue weighted by Crippen LogP contribution is -2.20. The van der Waals surface area contributed by atoms with Crippen molar-refractivity contribution >= 4 is 12.7 Å². The van der Waals surface area contributed by atoms with E-state index in [4.69, 9.17) is 9.47 Å². The van der Waals surface area contributed by atoms with Gasteiger partial charge >= 0.3 is 0 Å². The molecule has 1 rings (SSSR count). The van der Waals surface area contributed by atoms with Crippen LogP contribution < -0.4 is 5.30 Å². The number of hydrogen-bond donors (Lipinski definition) is 1. The maximum absolute atomic E-state index is 11.9. The molecule has 0 radical (unpaired) electrons. The Kier molecular flexibility index (Phi) is 3.84. The van der Waals surface area contributed by atoms with Crippen LogP contribution in [-0.4, -0.2) is 25.1 Å². The highest BCUT2D eigenvalue weighted by atomic mass is 31.2. The van der Waals surface area contributed by atoms with Crippen molar-refractivity contribution in [2.75, 3.05) is 14.2 Å². The minimum Gasteiger partial charge on any atom is -0.347 e. The molecule has 0 saturated heterocycles. The highest BCUT2D eigenvalue weighted by Gasteiger charge is 2.32. The quantitative estimate of drug-likeness (QED) is 0.606. The van der Waals surface area contributed by atoms with Crippen LogP contribution in [0.5, 0.6) is 0 Å². The van der Waals surface area contributed by atoms with Gasteiger partial charge in [0.1, 0.15) is 0 Å². The van der Waals surface area contributed by atoms with Gasteiger partial charge in [-0.25, -0.2) is 0 Å². The first-order chi connectivity index (χ1) is 6.62. The van der Waals surface area contributed by atoms with Crippen LogP contribution in [0.2, 0.25) is 0 Å². The summed E-state index contributed by atoms with van der Waals surface area (Å²) in [7, 11) is -0.933. The smallest absolute Gasteiger partial charge is 0.284 e. The monoisotopic (exact) mass is 216 g/mol. The zero-order chi connectivity index (χ0) is 10.6. The van der Waals surface area contributed by atoms with Gasteiger partial charge in [0.25, 0.3) is 7.37 Å². The molecule has 0 aromatic heterocycles. The summed E-state index contributed by atoms with van der Waals surface area (Å²) in [6, 6.07) is 7.21. The molecule has 0 heterocycles. The standard InChI is InChI=1S/C9H13O4P/c1-12-9(13-2)14(10,11)8-6-4-3-5-7-8/h3-7,9H,1-2H3,(H,10,11).